The highest BCUT2D eigenvalue weighted by atomic mass is 14.9. The molecule has 0 fully saturated rings. The Balaban J connectivity index is 0.000000461. The highest BCUT2D eigenvalue weighted by Crippen LogP contribution is 2.15. The van der Waals surface area contributed by atoms with Crippen LogP contribution in [0, 0.1) is 0 Å². The van der Waals surface area contributed by atoms with Crippen molar-refractivity contribution in [2.75, 3.05) is 5.73 Å². The Bertz CT molecular complexity index is 220. The molecule has 1 rings (SSSR count). The highest BCUT2D eigenvalue weighted by Gasteiger charge is 1.90. The van der Waals surface area contributed by atoms with E-state index in [1.54, 1.807) is 18.3 Å². The number of rotatable bonds is 1. The molecule has 0 spiro atoms. The van der Waals surface area contributed by atoms with Gasteiger partial charge in [-0.25, -0.2) is 4.98 Å². The van der Waals surface area contributed by atoms with E-state index in [0.29, 0.717) is 11.5 Å². The predicted molar refractivity (Wildman–Crippen MR) is 49.2 cm³/mol. The van der Waals surface area contributed by atoms with Gasteiger partial charge in [0.05, 0.1) is 0 Å². The van der Waals surface area contributed by atoms with E-state index in [1.807, 2.05) is 13.8 Å². The first kappa shape index (κ1) is 9.62. The van der Waals surface area contributed by atoms with Gasteiger partial charge in [-0.3, -0.25) is 4.99 Å². The zero-order chi connectivity index (χ0) is 8.69. The Morgan fingerprint density at radius 3 is 2.55 bits per heavy atom. The van der Waals surface area contributed by atoms with Gasteiger partial charge in [0.1, 0.15) is 11.5 Å². The molecule has 1 aromatic heterocycles. The minimum Gasteiger partial charge on any atom is -0.382 e. The summed E-state index contributed by atoms with van der Waals surface area (Å²) in [7, 11) is 0. The molecular weight excluding hydrogens is 138 g/mol. The van der Waals surface area contributed by atoms with Gasteiger partial charge in [0.2, 0.25) is 0 Å². The first-order valence-electron chi connectivity index (χ1n) is 3.52. The molecule has 0 saturated heterocycles. The fourth-order valence-electron chi connectivity index (χ4n) is 0.543. The van der Waals surface area contributed by atoms with Crippen LogP contribution in [0.4, 0.5) is 11.5 Å². The number of pyridine rings is 1. The lowest BCUT2D eigenvalue weighted by Gasteiger charge is -1.93. The molecule has 0 amide bonds. The zero-order valence-electron chi connectivity index (χ0n) is 6.91. The van der Waals surface area contributed by atoms with E-state index in [0.717, 1.165) is 0 Å². The summed E-state index contributed by atoms with van der Waals surface area (Å²) in [5.41, 5.74) is 6.02. The molecule has 0 unspecified atom stereocenters. The Hall–Kier alpha value is -1.38. The second kappa shape index (κ2) is 5.41. The van der Waals surface area contributed by atoms with Gasteiger partial charge in [-0.2, -0.15) is 0 Å². The summed E-state index contributed by atoms with van der Waals surface area (Å²) < 4.78 is 0. The van der Waals surface area contributed by atoms with E-state index in [-0.39, 0.29) is 0 Å². The van der Waals surface area contributed by atoms with Crippen LogP contribution in [-0.2, 0) is 0 Å². The molecule has 3 nitrogen and oxygen atoms in total. The van der Waals surface area contributed by atoms with E-state index in [9.17, 15) is 0 Å². The summed E-state index contributed by atoms with van der Waals surface area (Å²) in [6.45, 7) is 7.32. The maximum absolute atomic E-state index is 5.39. The standard InChI is InChI=1S/C6H7N3.C2H6/c1-8-5-3-2-4-9-6(5)7;1-2/h2-4H,1H2,(H2,7,9);1-2H3. The highest BCUT2D eigenvalue weighted by molar-refractivity contribution is 5.59. The van der Waals surface area contributed by atoms with Gasteiger partial charge in [0, 0.05) is 6.20 Å². The fraction of sp³-hybridized carbons (Fsp3) is 0.250. The zero-order valence-corrected chi connectivity index (χ0v) is 6.91. The lowest BCUT2D eigenvalue weighted by molar-refractivity contribution is 1.32. The van der Waals surface area contributed by atoms with Crippen LogP contribution in [0.15, 0.2) is 23.3 Å². The molecule has 1 heterocycles. The Labute approximate surface area is 67.0 Å². The van der Waals surface area contributed by atoms with Crippen molar-refractivity contribution in [3.8, 4) is 0 Å². The van der Waals surface area contributed by atoms with Crippen LogP contribution in [0.3, 0.4) is 0 Å². The van der Waals surface area contributed by atoms with Crippen molar-refractivity contribution >= 4 is 18.2 Å². The topological polar surface area (TPSA) is 51.3 Å². The van der Waals surface area contributed by atoms with Crippen molar-refractivity contribution in [1.82, 2.24) is 4.98 Å². The van der Waals surface area contributed by atoms with Gasteiger partial charge >= 0.3 is 0 Å². The third-order valence-electron chi connectivity index (χ3n) is 0.987. The number of aromatic nitrogens is 1. The van der Waals surface area contributed by atoms with E-state index in [4.69, 9.17) is 5.73 Å². The average Bonchev–Trinajstić information content (AvgIpc) is 2.09. The number of nitrogens with zero attached hydrogens (tertiary/aromatic N) is 2. The van der Waals surface area contributed by atoms with Crippen molar-refractivity contribution in [2.24, 2.45) is 4.99 Å². The molecule has 0 atom stereocenters. The predicted octanol–water partition coefficient (Wildman–Crippen LogP) is 2.02. The normalized spacial score (nSPS) is 7.82. The second-order valence-electron chi connectivity index (χ2n) is 1.57. The van der Waals surface area contributed by atoms with Crippen molar-refractivity contribution < 1.29 is 0 Å². The molecule has 60 valence electrons. The number of nitrogens with two attached hydrogens (primary N) is 1. The van der Waals surface area contributed by atoms with E-state index < -0.39 is 0 Å². The van der Waals surface area contributed by atoms with E-state index >= 15 is 0 Å². The van der Waals surface area contributed by atoms with Crippen molar-refractivity contribution in [2.45, 2.75) is 13.8 Å². The number of anilines is 1. The van der Waals surface area contributed by atoms with Crippen LogP contribution in [0.2, 0.25) is 0 Å². The molecule has 1 aromatic rings. The summed E-state index contributed by atoms with van der Waals surface area (Å²) in [6.07, 6.45) is 1.62. The molecule has 0 aromatic carbocycles. The molecular formula is C8H13N3. The molecule has 0 aliphatic rings. The van der Waals surface area contributed by atoms with Crippen LogP contribution in [0.5, 0.6) is 0 Å². The minimum absolute atomic E-state index is 0.424. The number of hydrogen-bond acceptors (Lipinski definition) is 3. The van der Waals surface area contributed by atoms with E-state index in [1.165, 1.54) is 0 Å². The first-order valence-corrected chi connectivity index (χ1v) is 3.52. The molecule has 0 aliphatic heterocycles. The molecule has 0 saturated carbocycles. The van der Waals surface area contributed by atoms with Crippen molar-refractivity contribution in [1.29, 1.82) is 0 Å². The SMILES string of the molecule is C=Nc1cccnc1N.CC. The first-order chi connectivity index (χ1) is 5.34. The largest absolute Gasteiger partial charge is 0.382 e. The third-order valence-corrected chi connectivity index (χ3v) is 0.987. The van der Waals surface area contributed by atoms with E-state index in [2.05, 4.69) is 16.7 Å². The van der Waals surface area contributed by atoms with Crippen molar-refractivity contribution in [3.05, 3.63) is 18.3 Å². The molecule has 11 heavy (non-hydrogen) atoms. The number of aliphatic imine (C=N–C) groups is 1. The molecule has 0 bridgehead atoms. The van der Waals surface area contributed by atoms with Crippen LogP contribution >= 0.6 is 0 Å². The van der Waals surface area contributed by atoms with Crippen LogP contribution < -0.4 is 5.73 Å². The Morgan fingerprint density at radius 2 is 2.18 bits per heavy atom. The number of hydrogen-bond donors (Lipinski definition) is 1. The average molecular weight is 151 g/mol. The van der Waals surface area contributed by atoms with Crippen molar-refractivity contribution in [3.63, 3.8) is 0 Å². The molecule has 0 aliphatic carbocycles. The van der Waals surface area contributed by atoms with Gasteiger partial charge in [0.15, 0.2) is 0 Å². The summed E-state index contributed by atoms with van der Waals surface area (Å²) in [5, 5.41) is 0. The lowest BCUT2D eigenvalue weighted by Crippen LogP contribution is -1.87. The summed E-state index contributed by atoms with van der Waals surface area (Å²) >= 11 is 0. The Kier molecular flexibility index (Phi) is 4.73. The van der Waals surface area contributed by atoms with Gasteiger partial charge in [-0.15, -0.1) is 0 Å². The minimum atomic E-state index is 0.424. The summed E-state index contributed by atoms with van der Waals surface area (Å²) in [6, 6.07) is 3.52. The summed E-state index contributed by atoms with van der Waals surface area (Å²) in [4.78, 5) is 7.43. The van der Waals surface area contributed by atoms with Crippen LogP contribution in [0.1, 0.15) is 13.8 Å². The number of nitrogen functional groups attached to an aromatic ring is 1. The molecule has 3 heteroatoms. The maximum atomic E-state index is 5.39. The monoisotopic (exact) mass is 151 g/mol. The fourth-order valence-corrected chi connectivity index (χ4v) is 0.543. The smallest absolute Gasteiger partial charge is 0.149 e. The maximum Gasteiger partial charge on any atom is 0.149 e. The Morgan fingerprint density at radius 1 is 1.55 bits per heavy atom. The summed E-state index contributed by atoms with van der Waals surface area (Å²) in [5.74, 6) is 0.424. The molecule has 0 radical (unpaired) electrons. The third kappa shape index (κ3) is 2.80. The second-order valence-corrected chi connectivity index (χ2v) is 1.57. The quantitative estimate of drug-likeness (QED) is 0.624. The van der Waals surface area contributed by atoms with Gasteiger partial charge in [0.25, 0.3) is 0 Å². The van der Waals surface area contributed by atoms with Gasteiger partial charge in [-0.05, 0) is 18.9 Å². The molecule has 2 N–H and O–H groups in total. The lowest BCUT2D eigenvalue weighted by atomic mass is 10.4. The van der Waals surface area contributed by atoms with Gasteiger partial charge < -0.3 is 5.73 Å². The van der Waals surface area contributed by atoms with Crippen LogP contribution in [0.25, 0.3) is 0 Å². The van der Waals surface area contributed by atoms with Gasteiger partial charge in [-0.1, -0.05) is 13.8 Å². The van der Waals surface area contributed by atoms with Crippen LogP contribution in [-0.4, -0.2) is 11.7 Å².